The van der Waals surface area contributed by atoms with Crippen molar-refractivity contribution in [3.05, 3.63) is 22.2 Å². The standard InChI is InChI=1S/C11H14N2O3/c14-9-5-10(16-8-3-4-15-6-8)13-11(12-9)7-1-2-7/h5,7-8H,1-4,6H2,(H,12,13,14). The Balaban J connectivity index is 1.79. The molecule has 0 aromatic carbocycles. The lowest BCUT2D eigenvalue weighted by molar-refractivity contribution is 0.137. The van der Waals surface area contributed by atoms with Gasteiger partial charge in [-0.3, -0.25) is 4.79 Å². The van der Waals surface area contributed by atoms with Crippen LogP contribution >= 0.6 is 0 Å². The molecule has 5 nitrogen and oxygen atoms in total. The van der Waals surface area contributed by atoms with E-state index in [9.17, 15) is 4.79 Å². The lowest BCUT2D eigenvalue weighted by Crippen LogP contribution is -2.19. The molecule has 0 bridgehead atoms. The maximum Gasteiger partial charge on any atom is 0.254 e. The van der Waals surface area contributed by atoms with E-state index in [0.717, 1.165) is 31.7 Å². The summed E-state index contributed by atoms with van der Waals surface area (Å²) in [7, 11) is 0. The Labute approximate surface area is 92.8 Å². The van der Waals surface area contributed by atoms with Crippen molar-refractivity contribution in [1.29, 1.82) is 0 Å². The van der Waals surface area contributed by atoms with Gasteiger partial charge < -0.3 is 14.5 Å². The van der Waals surface area contributed by atoms with Crippen LogP contribution in [0.2, 0.25) is 0 Å². The van der Waals surface area contributed by atoms with Crippen molar-refractivity contribution >= 4 is 0 Å². The van der Waals surface area contributed by atoms with Gasteiger partial charge in [0.2, 0.25) is 5.88 Å². The summed E-state index contributed by atoms with van der Waals surface area (Å²) in [5.41, 5.74) is -0.134. The van der Waals surface area contributed by atoms with E-state index in [1.807, 2.05) is 0 Å². The molecule has 1 aromatic rings. The van der Waals surface area contributed by atoms with E-state index in [1.165, 1.54) is 6.07 Å². The summed E-state index contributed by atoms with van der Waals surface area (Å²) in [5, 5.41) is 0. The van der Waals surface area contributed by atoms with Crippen LogP contribution in [0.15, 0.2) is 10.9 Å². The van der Waals surface area contributed by atoms with E-state index in [2.05, 4.69) is 9.97 Å². The van der Waals surface area contributed by atoms with Gasteiger partial charge in [-0.05, 0) is 12.8 Å². The van der Waals surface area contributed by atoms with Gasteiger partial charge in [0, 0.05) is 12.3 Å². The highest BCUT2D eigenvalue weighted by Crippen LogP contribution is 2.37. The van der Waals surface area contributed by atoms with Gasteiger partial charge in [0.1, 0.15) is 11.9 Å². The summed E-state index contributed by atoms with van der Waals surface area (Å²) in [6.45, 7) is 1.32. The van der Waals surface area contributed by atoms with Crippen molar-refractivity contribution in [3.63, 3.8) is 0 Å². The normalized spacial score (nSPS) is 24.6. The molecule has 3 rings (SSSR count). The van der Waals surface area contributed by atoms with Gasteiger partial charge in [-0.1, -0.05) is 0 Å². The van der Waals surface area contributed by atoms with Crippen molar-refractivity contribution in [1.82, 2.24) is 9.97 Å². The average Bonchev–Trinajstić information content (AvgIpc) is 2.98. The van der Waals surface area contributed by atoms with Gasteiger partial charge in [-0.2, -0.15) is 4.98 Å². The first-order chi connectivity index (χ1) is 7.81. The number of rotatable bonds is 3. The third-order valence-electron chi connectivity index (χ3n) is 2.88. The number of ether oxygens (including phenoxy) is 2. The van der Waals surface area contributed by atoms with Crippen LogP contribution in [-0.2, 0) is 4.74 Å². The maximum absolute atomic E-state index is 11.4. The Morgan fingerprint density at radius 2 is 2.31 bits per heavy atom. The highest BCUT2D eigenvalue weighted by molar-refractivity contribution is 5.14. The van der Waals surface area contributed by atoms with Gasteiger partial charge in [0.15, 0.2) is 0 Å². The van der Waals surface area contributed by atoms with Gasteiger partial charge in [0.05, 0.1) is 19.3 Å². The summed E-state index contributed by atoms with van der Waals surface area (Å²) in [6, 6.07) is 1.41. The Kier molecular flexibility index (Phi) is 2.40. The topological polar surface area (TPSA) is 64.2 Å². The molecule has 1 aromatic heterocycles. The molecule has 2 aliphatic rings. The van der Waals surface area contributed by atoms with E-state index in [-0.39, 0.29) is 11.7 Å². The second-order valence-electron chi connectivity index (χ2n) is 4.35. The van der Waals surface area contributed by atoms with Crippen molar-refractivity contribution in [2.45, 2.75) is 31.3 Å². The third-order valence-corrected chi connectivity index (χ3v) is 2.88. The maximum atomic E-state index is 11.4. The number of nitrogens with zero attached hydrogens (tertiary/aromatic N) is 1. The second-order valence-corrected chi connectivity index (χ2v) is 4.35. The predicted octanol–water partition coefficient (Wildman–Crippen LogP) is 0.815. The smallest absolute Gasteiger partial charge is 0.254 e. The molecule has 1 N–H and O–H groups in total. The van der Waals surface area contributed by atoms with Crippen molar-refractivity contribution < 1.29 is 9.47 Å². The van der Waals surface area contributed by atoms with Crippen molar-refractivity contribution in [3.8, 4) is 5.88 Å². The van der Waals surface area contributed by atoms with Crippen LogP contribution in [0.4, 0.5) is 0 Å². The Morgan fingerprint density at radius 1 is 1.44 bits per heavy atom. The summed E-state index contributed by atoms with van der Waals surface area (Å²) in [6.07, 6.45) is 3.13. The van der Waals surface area contributed by atoms with E-state index in [1.54, 1.807) is 0 Å². The number of hydrogen-bond acceptors (Lipinski definition) is 4. The summed E-state index contributed by atoms with van der Waals surface area (Å²) in [5.74, 6) is 1.62. The molecule has 86 valence electrons. The molecule has 0 amide bonds. The lowest BCUT2D eigenvalue weighted by Gasteiger charge is -2.10. The molecule has 1 atom stereocenters. The first-order valence-electron chi connectivity index (χ1n) is 5.67. The van der Waals surface area contributed by atoms with Crippen LogP contribution in [0, 0.1) is 0 Å². The molecule has 2 heterocycles. The first kappa shape index (κ1) is 9.84. The van der Waals surface area contributed by atoms with E-state index in [4.69, 9.17) is 9.47 Å². The Hall–Kier alpha value is -1.36. The van der Waals surface area contributed by atoms with E-state index < -0.39 is 0 Å². The van der Waals surface area contributed by atoms with Gasteiger partial charge in [0.25, 0.3) is 5.56 Å². The number of aromatic nitrogens is 2. The SMILES string of the molecule is O=c1cc(OC2CCOC2)nc(C2CC2)[nH]1. The monoisotopic (exact) mass is 222 g/mol. The molecule has 1 unspecified atom stereocenters. The zero-order chi connectivity index (χ0) is 11.0. The zero-order valence-corrected chi connectivity index (χ0v) is 8.94. The van der Waals surface area contributed by atoms with Crippen LogP contribution in [0.1, 0.15) is 31.0 Å². The fraction of sp³-hybridized carbons (Fsp3) is 0.636. The summed E-state index contributed by atoms with van der Waals surface area (Å²) < 4.78 is 10.8. The zero-order valence-electron chi connectivity index (χ0n) is 8.94. The highest BCUT2D eigenvalue weighted by atomic mass is 16.5. The van der Waals surface area contributed by atoms with Crippen molar-refractivity contribution in [2.75, 3.05) is 13.2 Å². The van der Waals surface area contributed by atoms with Crippen LogP contribution in [0.5, 0.6) is 5.88 Å². The van der Waals surface area contributed by atoms with Crippen molar-refractivity contribution in [2.24, 2.45) is 0 Å². The predicted molar refractivity (Wildman–Crippen MR) is 56.7 cm³/mol. The van der Waals surface area contributed by atoms with Gasteiger partial charge in [-0.25, -0.2) is 0 Å². The quantitative estimate of drug-likeness (QED) is 0.822. The molecule has 0 spiro atoms. The summed E-state index contributed by atoms with van der Waals surface area (Å²) in [4.78, 5) is 18.5. The molecule has 2 fully saturated rings. The third kappa shape index (κ3) is 2.09. The van der Waals surface area contributed by atoms with Gasteiger partial charge >= 0.3 is 0 Å². The lowest BCUT2D eigenvalue weighted by atomic mass is 10.3. The van der Waals surface area contributed by atoms with Crippen LogP contribution < -0.4 is 10.3 Å². The molecule has 1 saturated heterocycles. The second kappa shape index (κ2) is 3.90. The minimum Gasteiger partial charge on any atom is -0.472 e. The average molecular weight is 222 g/mol. The minimum atomic E-state index is -0.134. The summed E-state index contributed by atoms with van der Waals surface area (Å²) >= 11 is 0. The fourth-order valence-electron chi connectivity index (χ4n) is 1.84. The number of H-pyrrole nitrogens is 1. The van der Waals surface area contributed by atoms with Crippen LogP contribution in [-0.4, -0.2) is 29.3 Å². The van der Waals surface area contributed by atoms with Crippen LogP contribution in [0.3, 0.4) is 0 Å². The molecule has 1 saturated carbocycles. The van der Waals surface area contributed by atoms with Gasteiger partial charge in [-0.15, -0.1) is 0 Å². The Morgan fingerprint density at radius 3 is 3.00 bits per heavy atom. The molecular weight excluding hydrogens is 208 g/mol. The highest BCUT2D eigenvalue weighted by Gasteiger charge is 2.27. The largest absolute Gasteiger partial charge is 0.472 e. The molecule has 0 radical (unpaired) electrons. The number of hydrogen-bond donors (Lipinski definition) is 1. The van der Waals surface area contributed by atoms with E-state index >= 15 is 0 Å². The molecule has 5 heteroatoms. The number of aromatic amines is 1. The first-order valence-corrected chi connectivity index (χ1v) is 5.67. The Bertz CT molecular complexity index is 433. The molecular formula is C11H14N2O3. The van der Waals surface area contributed by atoms with E-state index in [0.29, 0.717) is 18.4 Å². The fourth-order valence-corrected chi connectivity index (χ4v) is 1.84. The molecule has 16 heavy (non-hydrogen) atoms. The number of nitrogens with one attached hydrogen (secondary N) is 1. The van der Waals surface area contributed by atoms with Crippen LogP contribution in [0.25, 0.3) is 0 Å². The minimum absolute atomic E-state index is 0.0429. The molecule has 1 aliphatic heterocycles. The molecule has 1 aliphatic carbocycles.